The first-order valence-electron chi connectivity index (χ1n) is 7.89. The van der Waals surface area contributed by atoms with Crippen LogP contribution in [0.15, 0.2) is 41.3 Å². The van der Waals surface area contributed by atoms with E-state index in [4.69, 9.17) is 0 Å². The zero-order valence-electron chi connectivity index (χ0n) is 14.8. The van der Waals surface area contributed by atoms with Gasteiger partial charge >= 0.3 is 0 Å². The van der Waals surface area contributed by atoms with E-state index in [1.165, 1.54) is 35.2 Å². The van der Waals surface area contributed by atoms with Gasteiger partial charge in [-0.2, -0.15) is 0 Å². The minimum absolute atomic E-state index is 0.209. The Hall–Kier alpha value is -1.98. The second-order valence-corrected chi connectivity index (χ2v) is 9.53. The quantitative estimate of drug-likeness (QED) is 0.373. The van der Waals surface area contributed by atoms with Crippen molar-refractivity contribution in [1.82, 2.24) is 10.2 Å². The summed E-state index contributed by atoms with van der Waals surface area (Å²) in [7, 11) is -3.78. The fourth-order valence-electron chi connectivity index (χ4n) is 2.29. The first-order chi connectivity index (χ1) is 12.8. The molecule has 1 N–H and O–H groups in total. The van der Waals surface area contributed by atoms with Gasteiger partial charge in [0, 0.05) is 5.75 Å². The van der Waals surface area contributed by atoms with Crippen molar-refractivity contribution in [3.63, 3.8) is 0 Å². The number of amides is 1. The first kappa shape index (κ1) is 21.3. The molecule has 2 rings (SSSR count). The van der Waals surface area contributed by atoms with Crippen LogP contribution in [0.3, 0.4) is 0 Å². The lowest BCUT2D eigenvalue weighted by Crippen LogP contribution is -2.47. The molecule has 0 saturated carbocycles. The number of hydrogen-bond acceptors (Lipinski definition) is 7. The van der Waals surface area contributed by atoms with Crippen molar-refractivity contribution in [2.24, 2.45) is 0 Å². The number of carbonyl (C=O) groups excluding carboxylic acids is 1. The maximum Gasteiger partial charge on any atom is 0.250 e. The standard InChI is InChI=1S/C16H19FN4O3S3/c1-4-10-25-16-20-19-15(26-16)18-14(22)13(5-2)21(27(3,23)24)12-8-6-11(17)7-9-12/h4,6-9,13H,1,5,10H2,2-3H3,(H,18,19,22). The Morgan fingerprint density at radius 1 is 1.41 bits per heavy atom. The van der Waals surface area contributed by atoms with Crippen LogP contribution < -0.4 is 9.62 Å². The van der Waals surface area contributed by atoms with Crippen molar-refractivity contribution in [3.05, 3.63) is 42.7 Å². The third-order valence-corrected chi connectivity index (χ3v) is 6.52. The second-order valence-electron chi connectivity index (χ2n) is 5.42. The fourth-order valence-corrected chi connectivity index (χ4v) is 5.01. The van der Waals surface area contributed by atoms with Gasteiger partial charge in [0.15, 0.2) is 4.34 Å². The molecule has 27 heavy (non-hydrogen) atoms. The van der Waals surface area contributed by atoms with Crippen molar-refractivity contribution < 1.29 is 17.6 Å². The predicted octanol–water partition coefficient (Wildman–Crippen LogP) is 3.14. The highest BCUT2D eigenvalue weighted by atomic mass is 32.2. The van der Waals surface area contributed by atoms with Gasteiger partial charge in [0.1, 0.15) is 11.9 Å². The smallest absolute Gasteiger partial charge is 0.250 e. The molecule has 146 valence electrons. The van der Waals surface area contributed by atoms with Crippen molar-refractivity contribution >= 4 is 49.8 Å². The van der Waals surface area contributed by atoms with E-state index < -0.39 is 27.8 Å². The molecule has 0 fully saturated rings. The van der Waals surface area contributed by atoms with Crippen LogP contribution in [0.4, 0.5) is 15.2 Å². The van der Waals surface area contributed by atoms with Gasteiger partial charge in [0.2, 0.25) is 21.1 Å². The summed E-state index contributed by atoms with van der Waals surface area (Å²) >= 11 is 2.61. The Kier molecular flexibility index (Phi) is 7.33. The number of anilines is 2. The average Bonchev–Trinajstić information content (AvgIpc) is 3.05. The minimum atomic E-state index is -3.78. The van der Waals surface area contributed by atoms with Crippen LogP contribution in [0.2, 0.25) is 0 Å². The number of thioether (sulfide) groups is 1. The van der Waals surface area contributed by atoms with Crippen molar-refractivity contribution in [3.8, 4) is 0 Å². The Labute approximate surface area is 165 Å². The summed E-state index contributed by atoms with van der Waals surface area (Å²) in [6, 6.07) is 3.92. The zero-order valence-corrected chi connectivity index (χ0v) is 17.2. The number of nitrogens with one attached hydrogen (secondary N) is 1. The molecule has 0 aliphatic heterocycles. The normalized spacial score (nSPS) is 12.4. The van der Waals surface area contributed by atoms with Gasteiger partial charge in [0.25, 0.3) is 0 Å². The molecule has 2 aromatic rings. The summed E-state index contributed by atoms with van der Waals surface area (Å²) in [5.74, 6) is -0.376. The molecule has 1 amide bonds. The molecular weight excluding hydrogens is 411 g/mol. The monoisotopic (exact) mass is 430 g/mol. The number of hydrogen-bond donors (Lipinski definition) is 1. The van der Waals surface area contributed by atoms with Crippen molar-refractivity contribution in [1.29, 1.82) is 0 Å². The molecule has 0 radical (unpaired) electrons. The predicted molar refractivity (Wildman–Crippen MR) is 107 cm³/mol. The molecule has 0 saturated heterocycles. The lowest BCUT2D eigenvalue weighted by atomic mass is 10.2. The number of sulfonamides is 1. The molecule has 0 aliphatic carbocycles. The van der Waals surface area contributed by atoms with Crippen LogP contribution in [-0.4, -0.2) is 42.6 Å². The van der Waals surface area contributed by atoms with E-state index in [1.54, 1.807) is 13.0 Å². The molecular formula is C16H19FN4O3S3. The number of benzene rings is 1. The number of halogens is 1. The first-order valence-corrected chi connectivity index (χ1v) is 11.5. The van der Waals surface area contributed by atoms with Crippen LogP contribution in [-0.2, 0) is 14.8 Å². The van der Waals surface area contributed by atoms with Gasteiger partial charge in [-0.25, -0.2) is 12.8 Å². The van der Waals surface area contributed by atoms with Crippen LogP contribution >= 0.6 is 23.1 Å². The Balaban J connectivity index is 2.25. The van der Waals surface area contributed by atoms with Gasteiger partial charge in [-0.15, -0.1) is 16.8 Å². The molecule has 1 aromatic carbocycles. The molecule has 1 heterocycles. The molecule has 1 unspecified atom stereocenters. The van der Waals surface area contributed by atoms with Gasteiger partial charge in [-0.1, -0.05) is 36.1 Å². The van der Waals surface area contributed by atoms with E-state index in [0.717, 1.165) is 22.7 Å². The molecule has 1 aromatic heterocycles. The average molecular weight is 431 g/mol. The topological polar surface area (TPSA) is 92.3 Å². The highest BCUT2D eigenvalue weighted by Crippen LogP contribution is 2.27. The summed E-state index contributed by atoms with van der Waals surface area (Å²) in [5, 5.41) is 10.7. The lowest BCUT2D eigenvalue weighted by molar-refractivity contribution is -0.117. The molecule has 1 atom stereocenters. The molecule has 0 aliphatic rings. The number of carbonyl (C=O) groups is 1. The van der Waals surface area contributed by atoms with Crippen LogP contribution in [0.25, 0.3) is 0 Å². The lowest BCUT2D eigenvalue weighted by Gasteiger charge is -2.29. The zero-order chi connectivity index (χ0) is 20.0. The SMILES string of the molecule is C=CCSc1nnc(NC(=O)C(CC)N(c2ccc(F)cc2)S(C)(=O)=O)s1. The third kappa shape index (κ3) is 5.75. The van der Waals surface area contributed by atoms with Crippen LogP contribution in [0.1, 0.15) is 13.3 Å². The van der Waals surface area contributed by atoms with Crippen molar-refractivity contribution in [2.45, 2.75) is 23.7 Å². The summed E-state index contributed by atoms with van der Waals surface area (Å²) in [5.41, 5.74) is 0.209. The number of rotatable bonds is 9. The van der Waals surface area contributed by atoms with Crippen LogP contribution in [0, 0.1) is 5.82 Å². The van der Waals surface area contributed by atoms with Gasteiger partial charge < -0.3 is 0 Å². The maximum atomic E-state index is 13.2. The van der Waals surface area contributed by atoms with Gasteiger partial charge in [0.05, 0.1) is 11.9 Å². The van der Waals surface area contributed by atoms with E-state index in [1.807, 2.05) is 0 Å². The summed E-state index contributed by atoms with van der Waals surface area (Å²) in [4.78, 5) is 12.7. The molecule has 0 spiro atoms. The third-order valence-electron chi connectivity index (χ3n) is 3.37. The molecule has 7 nitrogen and oxygen atoms in total. The number of aromatic nitrogens is 2. The van der Waals surface area contributed by atoms with E-state index in [9.17, 15) is 17.6 Å². The second kappa shape index (κ2) is 9.29. The molecule has 0 bridgehead atoms. The van der Waals surface area contributed by atoms with E-state index in [-0.39, 0.29) is 17.2 Å². The highest BCUT2D eigenvalue weighted by Gasteiger charge is 2.32. The Morgan fingerprint density at radius 3 is 2.63 bits per heavy atom. The molecule has 11 heteroatoms. The van der Waals surface area contributed by atoms with Crippen molar-refractivity contribution in [2.75, 3.05) is 21.6 Å². The minimum Gasteiger partial charge on any atom is -0.299 e. The van der Waals surface area contributed by atoms with Crippen LogP contribution in [0.5, 0.6) is 0 Å². The fraction of sp³-hybridized carbons (Fsp3) is 0.312. The van der Waals surface area contributed by atoms with E-state index in [0.29, 0.717) is 10.1 Å². The van der Waals surface area contributed by atoms with E-state index >= 15 is 0 Å². The largest absolute Gasteiger partial charge is 0.299 e. The maximum absolute atomic E-state index is 13.2. The number of nitrogens with zero attached hydrogens (tertiary/aromatic N) is 3. The summed E-state index contributed by atoms with van der Waals surface area (Å²) in [6.45, 7) is 5.31. The van der Waals surface area contributed by atoms with E-state index in [2.05, 4.69) is 22.1 Å². The van der Waals surface area contributed by atoms with Gasteiger partial charge in [-0.05, 0) is 30.7 Å². The summed E-state index contributed by atoms with van der Waals surface area (Å²) < 4.78 is 39.5. The highest BCUT2D eigenvalue weighted by molar-refractivity contribution is 8.01. The van der Waals surface area contributed by atoms with Gasteiger partial charge in [-0.3, -0.25) is 14.4 Å². The Morgan fingerprint density at radius 2 is 2.07 bits per heavy atom. The Bertz CT molecular complexity index is 900. The summed E-state index contributed by atoms with van der Waals surface area (Å²) in [6.07, 6.45) is 2.94.